The molecule has 2 aliphatic heterocycles. The molecule has 1 saturated heterocycles. The van der Waals surface area contributed by atoms with Gasteiger partial charge in [-0.2, -0.15) is 0 Å². The highest BCUT2D eigenvalue weighted by Crippen LogP contribution is 2.40. The van der Waals surface area contributed by atoms with Gasteiger partial charge < -0.3 is 24.3 Å². The molecule has 6 rings (SSSR count). The van der Waals surface area contributed by atoms with Gasteiger partial charge in [-0.25, -0.2) is 0 Å². The van der Waals surface area contributed by atoms with E-state index in [-0.39, 0.29) is 11.8 Å². The van der Waals surface area contributed by atoms with Crippen LogP contribution in [0.5, 0.6) is 11.5 Å². The molecule has 3 heterocycles. The van der Waals surface area contributed by atoms with E-state index in [0.29, 0.717) is 54.8 Å². The predicted molar refractivity (Wildman–Crippen MR) is 133 cm³/mol. The number of nitrogens with zero attached hydrogens (tertiary/aromatic N) is 2. The minimum absolute atomic E-state index is 0.0206. The smallest absolute Gasteiger partial charge is 0.258 e. The number of aromatic nitrogens is 1. The number of ether oxygens (including phenoxy) is 2. The van der Waals surface area contributed by atoms with Crippen molar-refractivity contribution in [3.05, 3.63) is 59.3 Å². The Morgan fingerprint density at radius 1 is 1.14 bits per heavy atom. The van der Waals surface area contributed by atoms with Crippen molar-refractivity contribution < 1.29 is 19.1 Å². The molecule has 7 heteroatoms. The second-order valence-corrected chi connectivity index (χ2v) is 10.3. The van der Waals surface area contributed by atoms with Gasteiger partial charge in [-0.05, 0) is 54.7 Å². The summed E-state index contributed by atoms with van der Waals surface area (Å²) in [6.07, 6.45) is 5.51. The van der Waals surface area contributed by atoms with Crippen molar-refractivity contribution in [3.63, 3.8) is 0 Å². The number of likely N-dealkylation sites (tertiary alicyclic amines) is 1. The third-order valence-electron chi connectivity index (χ3n) is 7.63. The van der Waals surface area contributed by atoms with Crippen LogP contribution < -0.4 is 14.8 Å². The molecule has 3 aromatic rings. The van der Waals surface area contributed by atoms with Crippen molar-refractivity contribution in [2.24, 2.45) is 0 Å². The minimum atomic E-state index is -0.775. The molecule has 0 unspecified atom stereocenters. The molecule has 0 radical (unpaired) electrons. The first kappa shape index (κ1) is 22.0. The number of rotatable bonds is 4. The van der Waals surface area contributed by atoms with Gasteiger partial charge in [0.1, 0.15) is 11.5 Å². The number of amides is 2. The van der Waals surface area contributed by atoms with E-state index >= 15 is 0 Å². The molecular weight excluding hydrogens is 442 g/mol. The van der Waals surface area contributed by atoms with E-state index in [9.17, 15) is 9.59 Å². The van der Waals surface area contributed by atoms with E-state index in [2.05, 4.69) is 36.0 Å². The number of carbonyl (C=O) groups is 2. The lowest BCUT2D eigenvalue weighted by Crippen LogP contribution is -2.61. The lowest BCUT2D eigenvalue weighted by Gasteiger charge is -2.44. The fraction of sp³-hybridized carbons (Fsp3) is 0.429. The average Bonchev–Trinajstić information content (AvgIpc) is 3.61. The summed E-state index contributed by atoms with van der Waals surface area (Å²) in [4.78, 5) is 28.3. The van der Waals surface area contributed by atoms with Crippen molar-refractivity contribution in [3.8, 4) is 11.5 Å². The lowest BCUT2D eigenvalue weighted by molar-refractivity contribution is -0.0245. The number of hydrogen-bond donors (Lipinski definition) is 1. The molecule has 2 amide bonds. The van der Waals surface area contributed by atoms with Crippen molar-refractivity contribution in [1.82, 2.24) is 14.8 Å². The summed E-state index contributed by atoms with van der Waals surface area (Å²) in [6, 6.07) is 12.3. The zero-order chi connectivity index (χ0) is 24.3. The summed E-state index contributed by atoms with van der Waals surface area (Å²) in [7, 11) is 1.65. The topological polar surface area (TPSA) is 72.8 Å². The van der Waals surface area contributed by atoms with Crippen LogP contribution in [0.15, 0.2) is 42.6 Å². The molecule has 1 aromatic heterocycles. The maximum absolute atomic E-state index is 13.5. The Morgan fingerprint density at radius 3 is 2.60 bits per heavy atom. The van der Waals surface area contributed by atoms with E-state index in [1.807, 2.05) is 35.2 Å². The third-order valence-corrected chi connectivity index (χ3v) is 7.63. The van der Waals surface area contributed by atoms with E-state index in [1.54, 1.807) is 7.11 Å². The van der Waals surface area contributed by atoms with Gasteiger partial charge in [0.15, 0.2) is 5.72 Å². The molecule has 182 valence electrons. The molecule has 1 saturated carbocycles. The van der Waals surface area contributed by atoms with Crippen molar-refractivity contribution >= 4 is 22.7 Å². The highest BCUT2D eigenvalue weighted by atomic mass is 16.5. The van der Waals surface area contributed by atoms with Crippen LogP contribution in [0.25, 0.3) is 10.9 Å². The SMILES string of the molecule is COc1cc(C(=O)N2CCC3(CC2)NC(=O)c2cc(C(C)C)ccc2O3)cc2c1ccn2C1CC1. The lowest BCUT2D eigenvalue weighted by atomic mass is 9.94. The summed E-state index contributed by atoms with van der Waals surface area (Å²) in [5, 5.41) is 4.13. The Hall–Kier alpha value is -3.48. The highest BCUT2D eigenvalue weighted by molar-refractivity contribution is 6.01. The molecular formula is C28H31N3O4. The van der Waals surface area contributed by atoms with Crippen molar-refractivity contribution in [2.45, 2.75) is 57.2 Å². The third kappa shape index (κ3) is 3.74. The molecule has 2 fully saturated rings. The van der Waals surface area contributed by atoms with E-state index in [1.165, 1.54) is 12.8 Å². The van der Waals surface area contributed by atoms with E-state index < -0.39 is 5.72 Å². The molecule has 3 aliphatic rings. The monoisotopic (exact) mass is 473 g/mol. The molecule has 0 atom stereocenters. The van der Waals surface area contributed by atoms with Crippen LogP contribution in [0.2, 0.25) is 0 Å². The summed E-state index contributed by atoms with van der Waals surface area (Å²) in [5.74, 6) is 1.55. The number of methoxy groups -OCH3 is 1. The maximum Gasteiger partial charge on any atom is 0.258 e. The van der Waals surface area contributed by atoms with Crippen LogP contribution in [0.1, 0.15) is 77.8 Å². The molecule has 7 nitrogen and oxygen atoms in total. The normalized spacial score (nSPS) is 19.0. The minimum Gasteiger partial charge on any atom is -0.496 e. The number of fused-ring (bicyclic) bond motifs is 2. The van der Waals surface area contributed by atoms with Crippen LogP contribution >= 0.6 is 0 Å². The molecule has 2 aromatic carbocycles. The maximum atomic E-state index is 13.5. The van der Waals surface area contributed by atoms with Gasteiger partial charge in [0.25, 0.3) is 11.8 Å². The van der Waals surface area contributed by atoms with Crippen LogP contribution in [0.3, 0.4) is 0 Å². The van der Waals surface area contributed by atoms with Crippen molar-refractivity contribution in [1.29, 1.82) is 0 Å². The Balaban J connectivity index is 1.21. The Labute approximate surface area is 205 Å². The number of carbonyl (C=O) groups excluding carboxylic acids is 2. The van der Waals surface area contributed by atoms with Gasteiger partial charge in [0, 0.05) is 49.1 Å². The summed E-state index contributed by atoms with van der Waals surface area (Å²) in [5.41, 5.74) is 2.59. The van der Waals surface area contributed by atoms with Crippen LogP contribution in [-0.2, 0) is 0 Å². The second kappa shape index (κ2) is 8.04. The molecule has 1 aliphatic carbocycles. The average molecular weight is 474 g/mol. The molecule has 1 spiro atoms. The zero-order valence-corrected chi connectivity index (χ0v) is 20.5. The summed E-state index contributed by atoms with van der Waals surface area (Å²) in [6.45, 7) is 5.22. The number of hydrogen-bond acceptors (Lipinski definition) is 4. The largest absolute Gasteiger partial charge is 0.496 e. The molecule has 0 bridgehead atoms. The fourth-order valence-corrected chi connectivity index (χ4v) is 5.36. The van der Waals surface area contributed by atoms with Gasteiger partial charge in [-0.1, -0.05) is 19.9 Å². The zero-order valence-electron chi connectivity index (χ0n) is 20.5. The van der Waals surface area contributed by atoms with Gasteiger partial charge in [0.05, 0.1) is 18.2 Å². The number of piperidine rings is 1. The quantitative estimate of drug-likeness (QED) is 0.587. The van der Waals surface area contributed by atoms with E-state index in [4.69, 9.17) is 9.47 Å². The van der Waals surface area contributed by atoms with Crippen LogP contribution in [-0.4, -0.2) is 47.2 Å². The Bertz CT molecular complexity index is 1330. The Morgan fingerprint density at radius 2 is 1.91 bits per heavy atom. The Kier molecular flexibility index (Phi) is 5.06. The standard InChI is InChI=1S/C28H31N3O4/c1-17(2)18-4-7-24-22(14-18)26(32)29-28(35-24)9-12-30(13-10-28)27(33)19-15-23-21(25(16-19)34-3)8-11-31(23)20-5-6-20/h4,7-8,11,14-17,20H,5-6,9-10,12-13H2,1-3H3,(H,29,32). The summed E-state index contributed by atoms with van der Waals surface area (Å²) >= 11 is 0. The predicted octanol–water partition coefficient (Wildman–Crippen LogP) is 4.86. The fourth-order valence-electron chi connectivity index (χ4n) is 5.36. The first-order valence-corrected chi connectivity index (χ1v) is 12.5. The summed E-state index contributed by atoms with van der Waals surface area (Å²) < 4.78 is 14.2. The molecule has 35 heavy (non-hydrogen) atoms. The van der Waals surface area contributed by atoms with Gasteiger partial charge in [0.2, 0.25) is 0 Å². The second-order valence-electron chi connectivity index (χ2n) is 10.3. The number of benzene rings is 2. The van der Waals surface area contributed by atoms with Crippen molar-refractivity contribution in [2.75, 3.05) is 20.2 Å². The van der Waals surface area contributed by atoms with Gasteiger partial charge >= 0.3 is 0 Å². The number of nitrogens with one attached hydrogen (secondary N) is 1. The van der Waals surface area contributed by atoms with E-state index in [0.717, 1.165) is 22.2 Å². The van der Waals surface area contributed by atoms with Crippen LogP contribution in [0.4, 0.5) is 0 Å². The highest BCUT2D eigenvalue weighted by Gasteiger charge is 2.43. The van der Waals surface area contributed by atoms with Crippen LogP contribution in [0, 0.1) is 0 Å². The van der Waals surface area contributed by atoms with Gasteiger partial charge in [-0.15, -0.1) is 0 Å². The first-order chi connectivity index (χ1) is 16.9. The molecule has 1 N–H and O–H groups in total. The first-order valence-electron chi connectivity index (χ1n) is 12.5. The van der Waals surface area contributed by atoms with Gasteiger partial charge in [-0.3, -0.25) is 9.59 Å².